The zero-order valence-electron chi connectivity index (χ0n) is 9.53. The molecule has 15 heavy (non-hydrogen) atoms. The summed E-state index contributed by atoms with van der Waals surface area (Å²) < 4.78 is 5.18. The van der Waals surface area contributed by atoms with Crippen LogP contribution in [0.4, 0.5) is 0 Å². The summed E-state index contributed by atoms with van der Waals surface area (Å²) in [5.41, 5.74) is 0. The SMILES string of the molecule is CC(C)NC/C=C/C(=O)N1CCOCC1. The Labute approximate surface area is 91.3 Å². The van der Waals surface area contributed by atoms with Crippen molar-refractivity contribution in [1.29, 1.82) is 0 Å². The summed E-state index contributed by atoms with van der Waals surface area (Å²) >= 11 is 0. The van der Waals surface area contributed by atoms with Gasteiger partial charge >= 0.3 is 0 Å². The van der Waals surface area contributed by atoms with Crippen LogP contribution >= 0.6 is 0 Å². The van der Waals surface area contributed by atoms with Crippen LogP contribution in [0.3, 0.4) is 0 Å². The van der Waals surface area contributed by atoms with Crippen LogP contribution in [0.25, 0.3) is 0 Å². The van der Waals surface area contributed by atoms with Gasteiger partial charge in [0.1, 0.15) is 0 Å². The number of amides is 1. The molecule has 0 aromatic rings. The smallest absolute Gasteiger partial charge is 0.246 e. The fraction of sp³-hybridized carbons (Fsp3) is 0.727. The molecular formula is C11H20N2O2. The molecule has 0 aromatic carbocycles. The molecule has 0 unspecified atom stereocenters. The van der Waals surface area contributed by atoms with E-state index in [2.05, 4.69) is 19.2 Å². The Balaban J connectivity index is 2.21. The summed E-state index contributed by atoms with van der Waals surface area (Å²) in [6.45, 7) is 7.64. The van der Waals surface area contributed by atoms with E-state index in [1.807, 2.05) is 11.0 Å². The minimum Gasteiger partial charge on any atom is -0.378 e. The van der Waals surface area contributed by atoms with Crippen molar-refractivity contribution in [2.75, 3.05) is 32.8 Å². The van der Waals surface area contributed by atoms with Crippen LogP contribution in [-0.4, -0.2) is 49.7 Å². The van der Waals surface area contributed by atoms with E-state index in [0.717, 1.165) is 6.54 Å². The maximum Gasteiger partial charge on any atom is 0.246 e. The van der Waals surface area contributed by atoms with Gasteiger partial charge in [-0.15, -0.1) is 0 Å². The maximum absolute atomic E-state index is 11.6. The van der Waals surface area contributed by atoms with Crippen LogP contribution < -0.4 is 5.32 Å². The number of carbonyl (C=O) groups is 1. The zero-order valence-corrected chi connectivity index (χ0v) is 9.53. The topological polar surface area (TPSA) is 41.6 Å². The van der Waals surface area contributed by atoms with E-state index in [0.29, 0.717) is 32.3 Å². The maximum atomic E-state index is 11.6. The van der Waals surface area contributed by atoms with E-state index in [9.17, 15) is 4.79 Å². The lowest BCUT2D eigenvalue weighted by atomic mass is 10.3. The third-order valence-corrected chi connectivity index (χ3v) is 2.23. The van der Waals surface area contributed by atoms with E-state index < -0.39 is 0 Å². The summed E-state index contributed by atoms with van der Waals surface area (Å²) in [6.07, 6.45) is 3.51. The normalized spacial score (nSPS) is 17.7. The lowest BCUT2D eigenvalue weighted by Crippen LogP contribution is -2.39. The lowest BCUT2D eigenvalue weighted by Gasteiger charge is -2.25. The Morgan fingerprint density at radius 1 is 1.47 bits per heavy atom. The second-order valence-electron chi connectivity index (χ2n) is 3.90. The number of hydrogen-bond acceptors (Lipinski definition) is 3. The molecule has 1 saturated heterocycles. The lowest BCUT2D eigenvalue weighted by molar-refractivity contribution is -0.129. The van der Waals surface area contributed by atoms with E-state index in [4.69, 9.17) is 4.74 Å². The van der Waals surface area contributed by atoms with Crippen molar-refractivity contribution < 1.29 is 9.53 Å². The number of morpholine rings is 1. The summed E-state index contributed by atoms with van der Waals surface area (Å²) in [4.78, 5) is 13.4. The number of rotatable bonds is 4. The molecule has 0 saturated carbocycles. The highest BCUT2D eigenvalue weighted by atomic mass is 16.5. The molecule has 4 nitrogen and oxygen atoms in total. The Morgan fingerprint density at radius 3 is 2.73 bits per heavy atom. The van der Waals surface area contributed by atoms with Crippen molar-refractivity contribution in [2.24, 2.45) is 0 Å². The summed E-state index contributed by atoms with van der Waals surface area (Å²) in [7, 11) is 0. The Hall–Kier alpha value is -0.870. The van der Waals surface area contributed by atoms with Crippen LogP contribution in [0, 0.1) is 0 Å². The van der Waals surface area contributed by atoms with E-state index in [1.165, 1.54) is 0 Å². The Kier molecular flexibility index (Phi) is 5.36. The van der Waals surface area contributed by atoms with Gasteiger partial charge in [0.05, 0.1) is 13.2 Å². The highest BCUT2D eigenvalue weighted by Gasteiger charge is 2.13. The monoisotopic (exact) mass is 212 g/mol. The molecule has 0 atom stereocenters. The van der Waals surface area contributed by atoms with E-state index >= 15 is 0 Å². The van der Waals surface area contributed by atoms with Crippen molar-refractivity contribution in [1.82, 2.24) is 10.2 Å². The molecule has 1 fully saturated rings. The second-order valence-corrected chi connectivity index (χ2v) is 3.90. The van der Waals surface area contributed by atoms with Gasteiger partial charge in [0, 0.05) is 31.8 Å². The van der Waals surface area contributed by atoms with Crippen LogP contribution in [0.15, 0.2) is 12.2 Å². The molecule has 0 bridgehead atoms. The second kappa shape index (κ2) is 6.58. The van der Waals surface area contributed by atoms with Gasteiger partial charge in [0.25, 0.3) is 0 Å². The quantitative estimate of drug-likeness (QED) is 0.686. The van der Waals surface area contributed by atoms with Gasteiger partial charge in [-0.05, 0) is 0 Å². The molecule has 0 radical (unpaired) electrons. The third kappa shape index (κ3) is 4.95. The first kappa shape index (κ1) is 12.2. The molecule has 0 aliphatic carbocycles. The molecule has 1 heterocycles. The molecule has 1 aliphatic rings. The van der Waals surface area contributed by atoms with Crippen molar-refractivity contribution >= 4 is 5.91 Å². The first-order valence-electron chi connectivity index (χ1n) is 5.46. The highest BCUT2D eigenvalue weighted by molar-refractivity contribution is 5.87. The van der Waals surface area contributed by atoms with Crippen LogP contribution in [0.1, 0.15) is 13.8 Å². The number of nitrogens with zero attached hydrogens (tertiary/aromatic N) is 1. The van der Waals surface area contributed by atoms with Gasteiger partial charge in [0.2, 0.25) is 5.91 Å². The standard InChI is InChI=1S/C11H20N2O2/c1-10(2)12-5-3-4-11(14)13-6-8-15-9-7-13/h3-4,10,12H,5-9H2,1-2H3/b4-3+. The van der Waals surface area contributed by atoms with Crippen molar-refractivity contribution in [2.45, 2.75) is 19.9 Å². The minimum absolute atomic E-state index is 0.0869. The zero-order chi connectivity index (χ0) is 11.1. The molecule has 86 valence electrons. The Morgan fingerprint density at radius 2 is 2.13 bits per heavy atom. The van der Waals surface area contributed by atoms with Crippen molar-refractivity contribution in [3.8, 4) is 0 Å². The van der Waals surface area contributed by atoms with Gasteiger partial charge in [-0.25, -0.2) is 0 Å². The third-order valence-electron chi connectivity index (χ3n) is 2.23. The first-order chi connectivity index (χ1) is 7.20. The van der Waals surface area contributed by atoms with Gasteiger partial charge in [-0.1, -0.05) is 19.9 Å². The van der Waals surface area contributed by atoms with Gasteiger partial charge in [-0.3, -0.25) is 4.79 Å². The molecule has 4 heteroatoms. The van der Waals surface area contributed by atoms with Gasteiger partial charge < -0.3 is 15.0 Å². The predicted molar refractivity (Wildman–Crippen MR) is 59.7 cm³/mol. The van der Waals surface area contributed by atoms with Crippen molar-refractivity contribution in [3.63, 3.8) is 0 Å². The van der Waals surface area contributed by atoms with E-state index in [-0.39, 0.29) is 5.91 Å². The average Bonchev–Trinajstić information content (AvgIpc) is 2.25. The highest BCUT2D eigenvalue weighted by Crippen LogP contribution is 1.97. The molecule has 1 aliphatic heterocycles. The van der Waals surface area contributed by atoms with E-state index in [1.54, 1.807) is 6.08 Å². The number of nitrogens with one attached hydrogen (secondary N) is 1. The summed E-state index contributed by atoms with van der Waals surface area (Å²) in [5, 5.41) is 3.22. The van der Waals surface area contributed by atoms with Crippen LogP contribution in [0.5, 0.6) is 0 Å². The summed E-state index contributed by atoms with van der Waals surface area (Å²) in [5.74, 6) is 0.0869. The summed E-state index contributed by atoms with van der Waals surface area (Å²) in [6, 6.07) is 0.452. The number of ether oxygens (including phenoxy) is 1. The molecular weight excluding hydrogens is 192 g/mol. The predicted octanol–water partition coefficient (Wildman–Crippen LogP) is 0.399. The molecule has 1 N–H and O–H groups in total. The minimum atomic E-state index is 0.0869. The molecule has 0 aromatic heterocycles. The molecule has 0 spiro atoms. The molecule has 1 amide bonds. The number of carbonyl (C=O) groups excluding carboxylic acids is 1. The van der Waals surface area contributed by atoms with Gasteiger partial charge in [-0.2, -0.15) is 0 Å². The number of hydrogen-bond donors (Lipinski definition) is 1. The van der Waals surface area contributed by atoms with Gasteiger partial charge in [0.15, 0.2) is 0 Å². The van der Waals surface area contributed by atoms with Crippen LogP contribution in [-0.2, 0) is 9.53 Å². The fourth-order valence-electron chi connectivity index (χ4n) is 1.35. The Bertz CT molecular complexity index is 221. The molecule has 1 rings (SSSR count). The fourth-order valence-corrected chi connectivity index (χ4v) is 1.35. The van der Waals surface area contributed by atoms with Crippen molar-refractivity contribution in [3.05, 3.63) is 12.2 Å². The van der Waals surface area contributed by atoms with Crippen LogP contribution in [0.2, 0.25) is 0 Å². The largest absolute Gasteiger partial charge is 0.378 e. The average molecular weight is 212 g/mol. The first-order valence-corrected chi connectivity index (χ1v) is 5.46.